The number of rotatable bonds is 5. The Morgan fingerprint density at radius 2 is 2.21 bits per heavy atom. The van der Waals surface area contributed by atoms with Crippen molar-refractivity contribution in [3.05, 3.63) is 29.8 Å². The fourth-order valence-electron chi connectivity index (χ4n) is 2.65. The molecule has 104 valence electrons. The van der Waals surface area contributed by atoms with Gasteiger partial charge in [-0.25, -0.2) is 0 Å². The number of fused-ring (bicyclic) bond motifs is 1. The van der Waals surface area contributed by atoms with Gasteiger partial charge in [0.15, 0.2) is 0 Å². The predicted octanol–water partition coefficient (Wildman–Crippen LogP) is 3.27. The average molecular weight is 279 g/mol. The van der Waals surface area contributed by atoms with Crippen LogP contribution in [-0.4, -0.2) is 34.8 Å². The second-order valence-electron chi connectivity index (χ2n) is 5.41. The highest BCUT2D eigenvalue weighted by atomic mass is 32.2. The Labute approximate surface area is 119 Å². The zero-order valence-corrected chi connectivity index (χ0v) is 12.3. The minimum absolute atomic E-state index is 0.127. The van der Waals surface area contributed by atoms with Crippen molar-refractivity contribution >= 4 is 17.7 Å². The Balaban J connectivity index is 2.24. The van der Waals surface area contributed by atoms with Gasteiger partial charge in [0.2, 0.25) is 0 Å². The normalized spacial score (nSPS) is 18.6. The molecule has 19 heavy (non-hydrogen) atoms. The number of hydrogen-bond acceptors (Lipinski definition) is 3. The molecule has 2 rings (SSSR count). The van der Waals surface area contributed by atoms with E-state index in [1.807, 2.05) is 17.8 Å². The van der Waals surface area contributed by atoms with Crippen LogP contribution in [0.4, 0.5) is 0 Å². The quantitative estimate of drug-likeness (QED) is 0.898. The van der Waals surface area contributed by atoms with Crippen LogP contribution in [-0.2, 0) is 4.79 Å². The van der Waals surface area contributed by atoms with E-state index in [0.717, 1.165) is 18.7 Å². The second kappa shape index (κ2) is 6.44. The van der Waals surface area contributed by atoms with Gasteiger partial charge in [0, 0.05) is 17.5 Å². The van der Waals surface area contributed by atoms with E-state index in [1.165, 1.54) is 10.5 Å². The standard InChI is InChI=1S/C15H21NO2S/c1-11(2)9-16(10-15(17)18)13-7-8-19-14-6-4-3-5-12(13)14/h3-6,11,13H,7-10H2,1-2H3,(H,17,18). The molecule has 0 saturated carbocycles. The number of carboxylic acid groups (broad SMARTS) is 1. The van der Waals surface area contributed by atoms with E-state index in [9.17, 15) is 4.79 Å². The zero-order chi connectivity index (χ0) is 13.8. The van der Waals surface area contributed by atoms with Gasteiger partial charge in [-0.05, 0) is 29.7 Å². The minimum atomic E-state index is -0.739. The molecule has 1 aliphatic rings. The average Bonchev–Trinajstić information content (AvgIpc) is 2.36. The summed E-state index contributed by atoms with van der Waals surface area (Å²) in [5, 5.41) is 9.13. The number of thioether (sulfide) groups is 1. The van der Waals surface area contributed by atoms with Crippen LogP contribution < -0.4 is 0 Å². The monoisotopic (exact) mass is 279 g/mol. The first-order valence-corrected chi connectivity index (χ1v) is 7.74. The summed E-state index contributed by atoms with van der Waals surface area (Å²) in [5.74, 6) is 0.799. The highest BCUT2D eigenvalue weighted by Crippen LogP contribution is 2.39. The molecular weight excluding hydrogens is 258 g/mol. The first kappa shape index (κ1) is 14.4. The molecule has 0 amide bonds. The van der Waals surface area contributed by atoms with E-state index in [0.29, 0.717) is 5.92 Å². The van der Waals surface area contributed by atoms with Gasteiger partial charge < -0.3 is 5.11 Å². The third-order valence-corrected chi connectivity index (χ3v) is 4.43. The van der Waals surface area contributed by atoms with Crippen molar-refractivity contribution in [3.63, 3.8) is 0 Å². The molecule has 1 N–H and O–H groups in total. The molecule has 0 aliphatic carbocycles. The van der Waals surface area contributed by atoms with Gasteiger partial charge in [0.05, 0.1) is 6.54 Å². The van der Waals surface area contributed by atoms with Crippen molar-refractivity contribution < 1.29 is 9.90 Å². The number of aliphatic carboxylic acids is 1. The molecule has 1 heterocycles. The number of carbonyl (C=O) groups is 1. The molecule has 1 aliphatic heterocycles. The van der Waals surface area contributed by atoms with Gasteiger partial charge in [0.1, 0.15) is 0 Å². The van der Waals surface area contributed by atoms with Crippen LogP contribution in [0.2, 0.25) is 0 Å². The van der Waals surface area contributed by atoms with Crippen LogP contribution in [0.3, 0.4) is 0 Å². The van der Waals surface area contributed by atoms with Gasteiger partial charge in [-0.1, -0.05) is 32.0 Å². The van der Waals surface area contributed by atoms with Crippen LogP contribution in [0.25, 0.3) is 0 Å². The largest absolute Gasteiger partial charge is 0.480 e. The Kier molecular flexibility index (Phi) is 4.88. The van der Waals surface area contributed by atoms with Crippen LogP contribution in [0, 0.1) is 5.92 Å². The third kappa shape index (κ3) is 3.74. The fraction of sp³-hybridized carbons (Fsp3) is 0.533. The molecule has 1 aromatic carbocycles. The zero-order valence-electron chi connectivity index (χ0n) is 11.5. The summed E-state index contributed by atoms with van der Waals surface area (Å²) in [4.78, 5) is 14.5. The first-order chi connectivity index (χ1) is 9.08. The van der Waals surface area contributed by atoms with Gasteiger partial charge in [-0.3, -0.25) is 9.69 Å². The molecule has 0 radical (unpaired) electrons. The molecule has 4 heteroatoms. The Morgan fingerprint density at radius 1 is 1.47 bits per heavy atom. The lowest BCUT2D eigenvalue weighted by Gasteiger charge is -2.35. The van der Waals surface area contributed by atoms with E-state index < -0.39 is 5.97 Å². The summed E-state index contributed by atoms with van der Waals surface area (Å²) in [6.07, 6.45) is 1.03. The predicted molar refractivity (Wildman–Crippen MR) is 78.6 cm³/mol. The molecule has 0 bridgehead atoms. The van der Waals surface area contributed by atoms with Crippen molar-refractivity contribution in [3.8, 4) is 0 Å². The Morgan fingerprint density at radius 3 is 2.89 bits per heavy atom. The van der Waals surface area contributed by atoms with E-state index in [4.69, 9.17) is 5.11 Å². The first-order valence-electron chi connectivity index (χ1n) is 6.75. The lowest BCUT2D eigenvalue weighted by molar-refractivity contribution is -0.139. The maximum Gasteiger partial charge on any atom is 0.317 e. The highest BCUT2D eigenvalue weighted by molar-refractivity contribution is 7.99. The lowest BCUT2D eigenvalue weighted by Crippen LogP contribution is -2.37. The number of benzene rings is 1. The molecular formula is C15H21NO2S. The van der Waals surface area contributed by atoms with Crippen molar-refractivity contribution in [2.45, 2.75) is 31.2 Å². The topological polar surface area (TPSA) is 40.5 Å². The van der Waals surface area contributed by atoms with Gasteiger partial charge >= 0.3 is 5.97 Å². The lowest BCUT2D eigenvalue weighted by atomic mass is 10.0. The Hall–Kier alpha value is -1.00. The summed E-state index contributed by atoms with van der Waals surface area (Å²) >= 11 is 1.87. The molecule has 1 aromatic rings. The van der Waals surface area contributed by atoms with Gasteiger partial charge in [-0.2, -0.15) is 0 Å². The third-order valence-electron chi connectivity index (χ3n) is 3.31. The van der Waals surface area contributed by atoms with Crippen LogP contribution in [0.1, 0.15) is 31.9 Å². The number of nitrogens with zero attached hydrogens (tertiary/aromatic N) is 1. The maximum atomic E-state index is 11.1. The molecule has 0 fully saturated rings. The second-order valence-corrected chi connectivity index (χ2v) is 6.54. The smallest absolute Gasteiger partial charge is 0.317 e. The van der Waals surface area contributed by atoms with E-state index in [1.54, 1.807) is 0 Å². The van der Waals surface area contributed by atoms with Crippen molar-refractivity contribution in [2.75, 3.05) is 18.8 Å². The summed E-state index contributed by atoms with van der Waals surface area (Å²) < 4.78 is 0. The molecule has 1 atom stereocenters. The molecule has 0 aromatic heterocycles. The summed E-state index contributed by atoms with van der Waals surface area (Å²) in [6, 6.07) is 8.63. The van der Waals surface area contributed by atoms with E-state index in [2.05, 4.69) is 36.9 Å². The van der Waals surface area contributed by atoms with Crippen LogP contribution in [0.5, 0.6) is 0 Å². The maximum absolute atomic E-state index is 11.1. The summed E-state index contributed by atoms with van der Waals surface area (Å²) in [6.45, 7) is 5.23. The van der Waals surface area contributed by atoms with Crippen molar-refractivity contribution in [1.29, 1.82) is 0 Å². The number of hydrogen-bond donors (Lipinski definition) is 1. The van der Waals surface area contributed by atoms with Gasteiger partial charge in [0.25, 0.3) is 0 Å². The fourth-order valence-corrected chi connectivity index (χ4v) is 3.75. The molecule has 3 nitrogen and oxygen atoms in total. The number of carboxylic acids is 1. The Bertz CT molecular complexity index is 448. The molecule has 1 unspecified atom stereocenters. The van der Waals surface area contributed by atoms with Gasteiger partial charge in [-0.15, -0.1) is 11.8 Å². The van der Waals surface area contributed by atoms with E-state index >= 15 is 0 Å². The van der Waals surface area contributed by atoms with Crippen LogP contribution >= 0.6 is 11.8 Å². The highest BCUT2D eigenvalue weighted by Gasteiger charge is 2.27. The van der Waals surface area contributed by atoms with Crippen molar-refractivity contribution in [2.24, 2.45) is 5.92 Å². The van der Waals surface area contributed by atoms with Crippen LogP contribution in [0.15, 0.2) is 29.2 Å². The SMILES string of the molecule is CC(C)CN(CC(=O)O)C1CCSc2ccccc21. The molecule has 0 spiro atoms. The van der Waals surface area contributed by atoms with Crippen molar-refractivity contribution in [1.82, 2.24) is 4.90 Å². The van der Waals surface area contributed by atoms with E-state index in [-0.39, 0.29) is 12.6 Å². The summed E-state index contributed by atoms with van der Waals surface area (Å²) in [7, 11) is 0. The molecule has 0 saturated heterocycles. The summed E-state index contributed by atoms with van der Waals surface area (Å²) in [5.41, 5.74) is 1.29. The minimum Gasteiger partial charge on any atom is -0.480 e.